The molecular formula is C17H28ClN3. The molecular weight excluding hydrogens is 282 g/mol. The van der Waals surface area contributed by atoms with Crippen molar-refractivity contribution in [3.05, 3.63) is 29.0 Å². The van der Waals surface area contributed by atoms with E-state index in [4.69, 9.17) is 11.6 Å². The number of hydrogen-bond acceptors (Lipinski definition) is 3. The topological polar surface area (TPSA) is 28.2 Å². The SMILES string of the molecule is CCC1(C)CN(Cc2ccncc2Cl)C(C(C)(C)C)CN1. The van der Waals surface area contributed by atoms with Gasteiger partial charge in [-0.05, 0) is 30.4 Å². The number of rotatable bonds is 3. The molecule has 0 aliphatic carbocycles. The highest BCUT2D eigenvalue weighted by atomic mass is 35.5. The maximum Gasteiger partial charge on any atom is 0.0634 e. The molecule has 0 bridgehead atoms. The lowest BCUT2D eigenvalue weighted by Gasteiger charge is -2.50. The Kier molecular flexibility index (Phi) is 4.96. The van der Waals surface area contributed by atoms with Gasteiger partial charge in [-0.1, -0.05) is 39.3 Å². The molecule has 1 N–H and O–H groups in total. The molecule has 1 saturated heterocycles. The van der Waals surface area contributed by atoms with E-state index in [-0.39, 0.29) is 11.0 Å². The van der Waals surface area contributed by atoms with Crippen LogP contribution < -0.4 is 5.32 Å². The van der Waals surface area contributed by atoms with Gasteiger partial charge in [-0.15, -0.1) is 0 Å². The van der Waals surface area contributed by atoms with Gasteiger partial charge in [-0.25, -0.2) is 0 Å². The van der Waals surface area contributed by atoms with E-state index in [9.17, 15) is 0 Å². The first kappa shape index (κ1) is 16.7. The summed E-state index contributed by atoms with van der Waals surface area (Å²) in [6.45, 7) is 14.5. The van der Waals surface area contributed by atoms with Gasteiger partial charge >= 0.3 is 0 Å². The van der Waals surface area contributed by atoms with Crippen LogP contribution in [0.4, 0.5) is 0 Å². The first-order valence-corrected chi connectivity index (χ1v) is 8.20. The smallest absolute Gasteiger partial charge is 0.0634 e. The number of pyridine rings is 1. The zero-order valence-electron chi connectivity index (χ0n) is 13.9. The first-order valence-electron chi connectivity index (χ1n) is 7.82. The summed E-state index contributed by atoms with van der Waals surface area (Å²) in [5.74, 6) is 0. The lowest BCUT2D eigenvalue weighted by molar-refractivity contribution is 0.0204. The normalized spacial score (nSPS) is 27.8. The summed E-state index contributed by atoms with van der Waals surface area (Å²) in [7, 11) is 0. The summed E-state index contributed by atoms with van der Waals surface area (Å²) in [6.07, 6.45) is 4.70. The average molecular weight is 310 g/mol. The first-order chi connectivity index (χ1) is 9.75. The third-order valence-electron chi connectivity index (χ3n) is 4.72. The standard InChI is InChI=1S/C17H28ClN3/c1-6-17(5)12-21(15(10-20-17)16(2,3)4)11-13-7-8-19-9-14(13)18/h7-9,15,20H,6,10-12H2,1-5H3. The zero-order valence-corrected chi connectivity index (χ0v) is 14.7. The predicted octanol–water partition coefficient (Wildman–Crippen LogP) is 3.72. The van der Waals surface area contributed by atoms with E-state index in [0.717, 1.165) is 31.1 Å². The molecule has 1 aliphatic rings. The third kappa shape index (κ3) is 3.97. The van der Waals surface area contributed by atoms with Crippen LogP contribution in [0.2, 0.25) is 5.02 Å². The van der Waals surface area contributed by atoms with Crippen molar-refractivity contribution in [3.8, 4) is 0 Å². The molecule has 0 spiro atoms. The second-order valence-electron chi connectivity index (χ2n) is 7.55. The van der Waals surface area contributed by atoms with Crippen molar-refractivity contribution in [2.24, 2.45) is 5.41 Å². The molecule has 0 radical (unpaired) electrons. The molecule has 118 valence electrons. The van der Waals surface area contributed by atoms with Crippen molar-refractivity contribution >= 4 is 11.6 Å². The highest BCUT2D eigenvalue weighted by molar-refractivity contribution is 6.31. The van der Waals surface area contributed by atoms with Crippen LogP contribution in [-0.4, -0.2) is 34.6 Å². The van der Waals surface area contributed by atoms with Gasteiger partial charge in [-0.3, -0.25) is 9.88 Å². The molecule has 1 fully saturated rings. The van der Waals surface area contributed by atoms with Gasteiger partial charge in [0.1, 0.15) is 0 Å². The van der Waals surface area contributed by atoms with Crippen LogP contribution in [0.3, 0.4) is 0 Å². The molecule has 2 rings (SSSR count). The van der Waals surface area contributed by atoms with Crippen LogP contribution in [0.25, 0.3) is 0 Å². The fourth-order valence-corrected chi connectivity index (χ4v) is 3.27. The molecule has 1 aromatic rings. The number of halogens is 1. The van der Waals surface area contributed by atoms with Crippen LogP contribution in [0.15, 0.2) is 18.5 Å². The Labute approximate surface area is 134 Å². The van der Waals surface area contributed by atoms with Gasteiger partial charge in [0.05, 0.1) is 5.02 Å². The summed E-state index contributed by atoms with van der Waals surface area (Å²) in [4.78, 5) is 6.67. The predicted molar refractivity (Wildman–Crippen MR) is 89.6 cm³/mol. The summed E-state index contributed by atoms with van der Waals surface area (Å²) in [5, 5.41) is 4.51. The molecule has 0 amide bonds. The van der Waals surface area contributed by atoms with E-state index in [1.54, 1.807) is 6.20 Å². The fourth-order valence-electron chi connectivity index (χ4n) is 3.09. The van der Waals surface area contributed by atoms with Crippen molar-refractivity contribution in [2.75, 3.05) is 13.1 Å². The summed E-state index contributed by atoms with van der Waals surface area (Å²) in [5.41, 5.74) is 1.59. The van der Waals surface area contributed by atoms with E-state index in [1.165, 1.54) is 5.56 Å². The average Bonchev–Trinajstić information content (AvgIpc) is 2.40. The largest absolute Gasteiger partial charge is 0.309 e. The van der Waals surface area contributed by atoms with Gasteiger partial charge in [0.25, 0.3) is 0 Å². The summed E-state index contributed by atoms with van der Waals surface area (Å²) < 4.78 is 0. The van der Waals surface area contributed by atoms with Crippen LogP contribution in [0.5, 0.6) is 0 Å². The zero-order chi connectivity index (χ0) is 15.7. The minimum absolute atomic E-state index is 0.182. The Bertz CT molecular complexity index is 483. The summed E-state index contributed by atoms with van der Waals surface area (Å²) >= 11 is 6.31. The molecule has 2 atom stereocenters. The van der Waals surface area contributed by atoms with E-state index in [1.807, 2.05) is 12.3 Å². The molecule has 1 aliphatic heterocycles. The van der Waals surface area contributed by atoms with Gasteiger partial charge < -0.3 is 5.32 Å². The third-order valence-corrected chi connectivity index (χ3v) is 5.07. The van der Waals surface area contributed by atoms with Crippen LogP contribution in [-0.2, 0) is 6.54 Å². The maximum atomic E-state index is 6.31. The Morgan fingerprint density at radius 1 is 1.48 bits per heavy atom. The van der Waals surface area contributed by atoms with Crippen molar-refractivity contribution in [3.63, 3.8) is 0 Å². The molecule has 2 heterocycles. The Morgan fingerprint density at radius 2 is 2.19 bits per heavy atom. The molecule has 4 heteroatoms. The van der Waals surface area contributed by atoms with Crippen molar-refractivity contribution in [2.45, 2.75) is 59.2 Å². The quantitative estimate of drug-likeness (QED) is 0.922. The second-order valence-corrected chi connectivity index (χ2v) is 7.96. The fraction of sp³-hybridized carbons (Fsp3) is 0.706. The minimum Gasteiger partial charge on any atom is -0.309 e. The van der Waals surface area contributed by atoms with Gasteiger partial charge in [0.2, 0.25) is 0 Å². The second kappa shape index (κ2) is 6.23. The Morgan fingerprint density at radius 3 is 2.76 bits per heavy atom. The molecule has 0 aromatic carbocycles. The lowest BCUT2D eigenvalue weighted by atomic mass is 9.81. The number of nitrogens with one attached hydrogen (secondary N) is 1. The molecule has 0 saturated carbocycles. The van der Waals surface area contributed by atoms with E-state index in [2.05, 4.69) is 49.8 Å². The molecule has 21 heavy (non-hydrogen) atoms. The Hall–Kier alpha value is -0.640. The number of aromatic nitrogens is 1. The lowest BCUT2D eigenvalue weighted by Crippen LogP contribution is -2.65. The molecule has 2 unspecified atom stereocenters. The highest BCUT2D eigenvalue weighted by Crippen LogP contribution is 2.31. The Balaban J connectivity index is 2.23. The monoisotopic (exact) mass is 309 g/mol. The van der Waals surface area contributed by atoms with Gasteiger partial charge in [0.15, 0.2) is 0 Å². The number of hydrogen-bond donors (Lipinski definition) is 1. The summed E-state index contributed by atoms with van der Waals surface area (Å²) in [6, 6.07) is 2.54. The van der Waals surface area contributed by atoms with Crippen molar-refractivity contribution in [1.82, 2.24) is 15.2 Å². The van der Waals surface area contributed by atoms with E-state index < -0.39 is 0 Å². The van der Waals surface area contributed by atoms with Crippen molar-refractivity contribution in [1.29, 1.82) is 0 Å². The molecule has 1 aromatic heterocycles. The van der Waals surface area contributed by atoms with Gasteiger partial charge in [0, 0.05) is 43.6 Å². The van der Waals surface area contributed by atoms with Gasteiger partial charge in [-0.2, -0.15) is 0 Å². The van der Waals surface area contributed by atoms with E-state index >= 15 is 0 Å². The van der Waals surface area contributed by atoms with Crippen LogP contribution in [0, 0.1) is 5.41 Å². The maximum absolute atomic E-state index is 6.31. The van der Waals surface area contributed by atoms with Crippen molar-refractivity contribution < 1.29 is 0 Å². The minimum atomic E-state index is 0.182. The number of piperazine rings is 1. The molecule has 3 nitrogen and oxygen atoms in total. The van der Waals surface area contributed by atoms with E-state index in [0.29, 0.717) is 6.04 Å². The highest BCUT2D eigenvalue weighted by Gasteiger charge is 2.39. The van der Waals surface area contributed by atoms with Crippen LogP contribution in [0.1, 0.15) is 46.6 Å². The number of nitrogens with zero attached hydrogens (tertiary/aromatic N) is 2. The van der Waals surface area contributed by atoms with Crippen LogP contribution >= 0.6 is 11.6 Å².